The van der Waals surface area contributed by atoms with Gasteiger partial charge in [0.2, 0.25) is 0 Å². The molecule has 0 unspecified atom stereocenters. The molecule has 0 atom stereocenters. The molecule has 3 nitrogen and oxygen atoms in total. The fourth-order valence-corrected chi connectivity index (χ4v) is 1.28. The number of anilines is 2. The van der Waals surface area contributed by atoms with E-state index in [1.165, 1.54) is 13.2 Å². The number of nitrogens with one attached hydrogen (secondary N) is 1. The molecule has 0 aromatic heterocycles. The van der Waals surface area contributed by atoms with Crippen molar-refractivity contribution in [1.82, 2.24) is 0 Å². The van der Waals surface area contributed by atoms with Gasteiger partial charge in [-0.2, -0.15) is 0 Å². The Morgan fingerprint density at radius 1 is 1.47 bits per heavy atom. The molecule has 0 aliphatic rings. The third-order valence-corrected chi connectivity index (χ3v) is 2.17. The Balaban J connectivity index is 2.78. The third-order valence-electron chi connectivity index (χ3n) is 2.17. The van der Waals surface area contributed by atoms with Crippen molar-refractivity contribution in [3.63, 3.8) is 0 Å². The molecule has 0 aliphatic carbocycles. The lowest BCUT2D eigenvalue weighted by atomic mass is 10.2. The number of ether oxygens (including phenoxy) is 1. The number of halogens is 1. The van der Waals surface area contributed by atoms with Gasteiger partial charge in [-0.05, 0) is 6.42 Å². The van der Waals surface area contributed by atoms with E-state index < -0.39 is 0 Å². The van der Waals surface area contributed by atoms with Crippen LogP contribution in [0.2, 0.25) is 0 Å². The van der Waals surface area contributed by atoms with Crippen LogP contribution in [0.1, 0.15) is 19.8 Å². The minimum Gasteiger partial charge on any atom is -0.495 e. The molecule has 3 N–H and O–H groups in total. The van der Waals surface area contributed by atoms with E-state index in [-0.39, 0.29) is 5.82 Å². The molecule has 15 heavy (non-hydrogen) atoms. The van der Waals surface area contributed by atoms with Crippen LogP contribution >= 0.6 is 0 Å². The molecule has 0 bridgehead atoms. The molecule has 1 rings (SSSR count). The molecule has 0 aliphatic heterocycles. The van der Waals surface area contributed by atoms with Crippen LogP contribution in [0.15, 0.2) is 12.1 Å². The predicted molar refractivity (Wildman–Crippen MR) is 60.8 cm³/mol. The lowest BCUT2D eigenvalue weighted by Gasteiger charge is -2.10. The Morgan fingerprint density at radius 2 is 2.20 bits per heavy atom. The van der Waals surface area contributed by atoms with E-state index in [4.69, 9.17) is 10.5 Å². The maximum absolute atomic E-state index is 13.4. The van der Waals surface area contributed by atoms with E-state index in [1.807, 2.05) is 0 Å². The lowest BCUT2D eigenvalue weighted by Crippen LogP contribution is -2.04. The summed E-state index contributed by atoms with van der Waals surface area (Å²) in [4.78, 5) is 0. The van der Waals surface area contributed by atoms with Crippen molar-refractivity contribution >= 4 is 11.4 Å². The lowest BCUT2D eigenvalue weighted by molar-refractivity contribution is 0.416. The van der Waals surface area contributed by atoms with E-state index in [9.17, 15) is 4.39 Å². The highest BCUT2D eigenvalue weighted by Gasteiger charge is 2.07. The molecule has 0 fully saturated rings. The highest BCUT2D eigenvalue weighted by molar-refractivity contribution is 5.62. The quantitative estimate of drug-likeness (QED) is 0.582. The second kappa shape index (κ2) is 5.44. The van der Waals surface area contributed by atoms with Gasteiger partial charge in [0.15, 0.2) is 0 Å². The monoisotopic (exact) mass is 212 g/mol. The standard InChI is InChI=1S/C11H17FN2O/c1-3-4-5-14-10-7-11(15-2)9(13)6-8(10)12/h6-7,14H,3-5,13H2,1-2H3. The zero-order valence-electron chi connectivity index (χ0n) is 9.14. The highest BCUT2D eigenvalue weighted by Crippen LogP contribution is 2.28. The van der Waals surface area contributed by atoms with Crippen molar-refractivity contribution in [1.29, 1.82) is 0 Å². The van der Waals surface area contributed by atoms with Gasteiger partial charge in [0.05, 0.1) is 18.5 Å². The second-order valence-corrected chi connectivity index (χ2v) is 3.35. The van der Waals surface area contributed by atoms with Crippen LogP contribution in [0, 0.1) is 5.82 Å². The van der Waals surface area contributed by atoms with Crippen LogP contribution in [-0.4, -0.2) is 13.7 Å². The number of nitrogen functional groups attached to an aromatic ring is 1. The number of benzene rings is 1. The van der Waals surface area contributed by atoms with Crippen LogP contribution in [0.5, 0.6) is 5.75 Å². The Kier molecular flexibility index (Phi) is 4.21. The average molecular weight is 212 g/mol. The Morgan fingerprint density at radius 3 is 2.80 bits per heavy atom. The van der Waals surface area contributed by atoms with Gasteiger partial charge in [0, 0.05) is 18.7 Å². The van der Waals surface area contributed by atoms with Crippen LogP contribution in [0.3, 0.4) is 0 Å². The van der Waals surface area contributed by atoms with Crippen molar-refractivity contribution in [2.24, 2.45) is 0 Å². The van der Waals surface area contributed by atoms with E-state index in [1.54, 1.807) is 6.07 Å². The first-order valence-electron chi connectivity index (χ1n) is 5.06. The van der Waals surface area contributed by atoms with Gasteiger partial charge in [-0.15, -0.1) is 0 Å². The predicted octanol–water partition coefficient (Wildman–Crippen LogP) is 2.63. The summed E-state index contributed by atoms with van der Waals surface area (Å²) in [5, 5.41) is 3.01. The third kappa shape index (κ3) is 3.01. The zero-order chi connectivity index (χ0) is 11.3. The average Bonchev–Trinajstić information content (AvgIpc) is 2.21. The number of hydrogen-bond acceptors (Lipinski definition) is 3. The number of unbranched alkanes of at least 4 members (excludes halogenated alkanes) is 1. The molecule has 4 heteroatoms. The summed E-state index contributed by atoms with van der Waals surface area (Å²) in [5.74, 6) is 0.153. The minimum atomic E-state index is -0.343. The highest BCUT2D eigenvalue weighted by atomic mass is 19.1. The summed E-state index contributed by atoms with van der Waals surface area (Å²) < 4.78 is 18.4. The smallest absolute Gasteiger partial charge is 0.148 e. The first-order chi connectivity index (χ1) is 7.19. The summed E-state index contributed by atoms with van der Waals surface area (Å²) in [5.41, 5.74) is 6.32. The molecule has 0 heterocycles. The fraction of sp³-hybridized carbons (Fsp3) is 0.455. The van der Waals surface area contributed by atoms with E-state index >= 15 is 0 Å². The van der Waals surface area contributed by atoms with Gasteiger partial charge in [-0.25, -0.2) is 4.39 Å². The first-order valence-corrected chi connectivity index (χ1v) is 5.06. The molecule has 0 amide bonds. The van der Waals surface area contributed by atoms with Crippen molar-refractivity contribution in [2.75, 3.05) is 24.7 Å². The number of methoxy groups -OCH3 is 1. The number of nitrogens with two attached hydrogens (primary N) is 1. The van der Waals surface area contributed by atoms with Gasteiger partial charge in [-0.3, -0.25) is 0 Å². The summed E-state index contributed by atoms with van der Waals surface area (Å²) >= 11 is 0. The van der Waals surface area contributed by atoms with Crippen LogP contribution in [0.25, 0.3) is 0 Å². The van der Waals surface area contributed by atoms with Gasteiger partial charge in [0.25, 0.3) is 0 Å². The molecule has 0 radical (unpaired) electrons. The fourth-order valence-electron chi connectivity index (χ4n) is 1.28. The van der Waals surface area contributed by atoms with Crippen molar-refractivity contribution in [3.8, 4) is 5.75 Å². The molecular weight excluding hydrogens is 195 g/mol. The van der Waals surface area contributed by atoms with Crippen molar-refractivity contribution in [3.05, 3.63) is 17.9 Å². The van der Waals surface area contributed by atoms with Crippen LogP contribution in [-0.2, 0) is 0 Å². The topological polar surface area (TPSA) is 47.3 Å². The van der Waals surface area contributed by atoms with Crippen molar-refractivity contribution in [2.45, 2.75) is 19.8 Å². The van der Waals surface area contributed by atoms with Crippen LogP contribution in [0.4, 0.5) is 15.8 Å². The Hall–Kier alpha value is -1.45. The SMILES string of the molecule is CCCCNc1cc(OC)c(N)cc1F. The molecule has 0 saturated carbocycles. The largest absolute Gasteiger partial charge is 0.495 e. The molecule has 1 aromatic rings. The Labute approximate surface area is 89.4 Å². The summed E-state index contributed by atoms with van der Waals surface area (Å²) in [6.45, 7) is 2.84. The van der Waals surface area contributed by atoms with Crippen LogP contribution < -0.4 is 15.8 Å². The molecule has 0 saturated heterocycles. The van der Waals surface area contributed by atoms with Gasteiger partial charge in [-0.1, -0.05) is 13.3 Å². The molecule has 84 valence electrons. The van der Waals surface area contributed by atoms with E-state index in [2.05, 4.69) is 12.2 Å². The van der Waals surface area contributed by atoms with E-state index in [0.717, 1.165) is 19.4 Å². The molecule has 1 aromatic carbocycles. The normalized spacial score (nSPS) is 10.1. The van der Waals surface area contributed by atoms with Gasteiger partial charge < -0.3 is 15.8 Å². The molecule has 0 spiro atoms. The summed E-state index contributed by atoms with van der Waals surface area (Å²) in [6, 6.07) is 2.85. The summed E-state index contributed by atoms with van der Waals surface area (Å²) in [6.07, 6.45) is 2.08. The maximum Gasteiger partial charge on any atom is 0.148 e. The second-order valence-electron chi connectivity index (χ2n) is 3.35. The minimum absolute atomic E-state index is 0.316. The van der Waals surface area contributed by atoms with Crippen molar-refractivity contribution < 1.29 is 9.13 Å². The Bertz CT molecular complexity index is 329. The number of hydrogen-bond donors (Lipinski definition) is 2. The zero-order valence-corrected chi connectivity index (χ0v) is 9.14. The maximum atomic E-state index is 13.4. The van der Waals surface area contributed by atoms with Gasteiger partial charge in [0.1, 0.15) is 11.6 Å². The van der Waals surface area contributed by atoms with E-state index in [0.29, 0.717) is 17.1 Å². The first kappa shape index (κ1) is 11.6. The molecular formula is C11H17FN2O. The van der Waals surface area contributed by atoms with Gasteiger partial charge >= 0.3 is 0 Å². The summed E-state index contributed by atoms with van der Waals surface area (Å²) in [7, 11) is 1.51. The number of rotatable bonds is 5.